The number of amides is 1. The lowest BCUT2D eigenvalue weighted by Gasteiger charge is -2.38. The lowest BCUT2D eigenvalue weighted by molar-refractivity contribution is -0.0652. The Hall–Kier alpha value is -5.35. The number of nitrogens with one attached hydrogen (secondary N) is 1. The van der Waals surface area contributed by atoms with Gasteiger partial charge in [0.1, 0.15) is 28.8 Å². The molecule has 55 heavy (non-hydrogen) atoms. The third-order valence-electron chi connectivity index (χ3n) is 9.95. The Morgan fingerprint density at radius 3 is 2.15 bits per heavy atom. The number of fused-ring (bicyclic) bond motifs is 1. The van der Waals surface area contributed by atoms with E-state index in [1.165, 1.54) is 64.1 Å². The maximum Gasteiger partial charge on any atom is 0.261 e. The minimum absolute atomic E-state index is 0.0208. The molecule has 1 aliphatic carbocycles. The highest BCUT2D eigenvalue weighted by atomic mass is 32.2. The van der Waals surface area contributed by atoms with E-state index in [-0.39, 0.29) is 54.1 Å². The van der Waals surface area contributed by atoms with Crippen LogP contribution in [0.5, 0.6) is 23.0 Å². The highest BCUT2D eigenvalue weighted by molar-refractivity contribution is 7.89. The second-order valence-electron chi connectivity index (χ2n) is 13.5. The molecule has 4 aromatic rings. The number of piperidine rings is 1. The van der Waals surface area contributed by atoms with Crippen molar-refractivity contribution in [2.75, 3.05) is 51.7 Å². The molecule has 1 N–H and O–H groups in total. The molecule has 1 amide bonds. The van der Waals surface area contributed by atoms with Gasteiger partial charge in [-0.2, -0.15) is 4.31 Å². The third-order valence-corrected chi connectivity index (χ3v) is 11.6. The summed E-state index contributed by atoms with van der Waals surface area (Å²) in [5.41, 5.74) is 2.02. The number of anilines is 2. The Bertz CT molecular complexity index is 2150. The van der Waals surface area contributed by atoms with Crippen molar-refractivity contribution in [3.05, 3.63) is 88.7 Å². The molecule has 1 saturated heterocycles. The molecule has 2 aromatic heterocycles. The summed E-state index contributed by atoms with van der Waals surface area (Å²) in [6.07, 6.45) is 2.25. The molecule has 1 atom stereocenters. The highest BCUT2D eigenvalue weighted by Gasteiger charge is 2.42. The van der Waals surface area contributed by atoms with Gasteiger partial charge >= 0.3 is 0 Å². The fourth-order valence-corrected chi connectivity index (χ4v) is 8.09. The van der Waals surface area contributed by atoms with Crippen molar-refractivity contribution in [3.8, 4) is 23.0 Å². The van der Waals surface area contributed by atoms with Crippen LogP contribution in [0.15, 0.2) is 65.8 Å². The molecule has 1 aliphatic heterocycles. The maximum atomic E-state index is 14.5. The monoisotopic (exact) mass is 779 g/mol. The van der Waals surface area contributed by atoms with Crippen LogP contribution in [0.1, 0.15) is 63.7 Å². The summed E-state index contributed by atoms with van der Waals surface area (Å²) in [6.45, 7) is 1.08. The van der Waals surface area contributed by atoms with Crippen molar-refractivity contribution >= 4 is 33.2 Å². The van der Waals surface area contributed by atoms with Crippen molar-refractivity contribution in [2.24, 2.45) is 5.92 Å². The number of ether oxygens (including phenoxy) is 4. The number of sulfonamides is 1. The number of nitrogens with zero attached hydrogens (tertiary/aromatic N) is 4. The number of aromatic nitrogens is 2. The van der Waals surface area contributed by atoms with Crippen LogP contribution in [0.3, 0.4) is 0 Å². The lowest BCUT2D eigenvalue weighted by atomic mass is 9.92. The topological polar surface area (TPSA) is 149 Å². The minimum Gasteiger partial charge on any atom is -0.497 e. The van der Waals surface area contributed by atoms with Gasteiger partial charge in [0.05, 0.1) is 39.7 Å². The Balaban J connectivity index is 1.35. The molecule has 0 radical (unpaired) electrons. The van der Waals surface area contributed by atoms with Crippen LogP contribution in [0.25, 0.3) is 0 Å². The Kier molecular flexibility index (Phi) is 11.6. The Morgan fingerprint density at radius 2 is 1.56 bits per heavy atom. The van der Waals surface area contributed by atoms with Gasteiger partial charge in [0.2, 0.25) is 0 Å². The average molecular weight is 780 g/mol. The van der Waals surface area contributed by atoms with Crippen molar-refractivity contribution in [2.45, 2.75) is 56.6 Å². The Morgan fingerprint density at radius 1 is 0.927 bits per heavy atom. The maximum absolute atomic E-state index is 14.5. The van der Waals surface area contributed by atoms with E-state index in [1.54, 1.807) is 41.3 Å². The summed E-state index contributed by atoms with van der Waals surface area (Å²) in [7, 11) is 1.56. The first kappa shape index (κ1) is 39.3. The summed E-state index contributed by atoms with van der Waals surface area (Å²) in [4.78, 5) is 37.4. The molecule has 13 nitrogen and oxygen atoms in total. The normalized spacial score (nSPS) is 16.7. The lowest BCUT2D eigenvalue weighted by Crippen LogP contribution is -2.47. The van der Waals surface area contributed by atoms with Gasteiger partial charge in [-0.05, 0) is 37.1 Å². The predicted molar refractivity (Wildman–Crippen MR) is 200 cm³/mol. The fraction of sp³-hybridized carbons (Fsp3) is 0.385. The average Bonchev–Trinajstić information content (AvgIpc) is 3.18. The highest BCUT2D eigenvalue weighted by Crippen LogP contribution is 2.37. The van der Waals surface area contributed by atoms with Gasteiger partial charge in [0.15, 0.2) is 10.8 Å². The molecule has 0 saturated carbocycles. The van der Waals surface area contributed by atoms with Crippen molar-refractivity contribution in [1.82, 2.24) is 14.3 Å². The molecule has 292 valence electrons. The number of rotatable bonds is 13. The third kappa shape index (κ3) is 8.34. The summed E-state index contributed by atoms with van der Waals surface area (Å²) in [6, 6.07) is 14.2. The molecule has 16 heteroatoms. The van der Waals surface area contributed by atoms with Crippen molar-refractivity contribution in [3.63, 3.8) is 0 Å². The number of carbonyl (C=O) groups excluding carboxylic acids is 2. The van der Waals surface area contributed by atoms with E-state index in [4.69, 9.17) is 23.9 Å². The molecule has 0 bridgehead atoms. The van der Waals surface area contributed by atoms with Gasteiger partial charge in [-0.15, -0.1) is 0 Å². The number of benzene rings is 2. The van der Waals surface area contributed by atoms with Crippen LogP contribution < -0.4 is 29.2 Å². The quantitative estimate of drug-likeness (QED) is 0.166. The number of Topliss-reactive ketones (excluding diaryl/α,β-unsaturated/α-hetero) is 1. The Labute approximate surface area is 318 Å². The smallest absolute Gasteiger partial charge is 0.261 e. The summed E-state index contributed by atoms with van der Waals surface area (Å²) in [5.74, 6) is -2.68. The van der Waals surface area contributed by atoms with Gasteiger partial charge in [0, 0.05) is 91.7 Å². The molecule has 2 aromatic carbocycles. The number of hydrogen-bond acceptors (Lipinski definition) is 11. The fourth-order valence-electron chi connectivity index (χ4n) is 6.74. The number of hydrogen-bond donors (Lipinski definition) is 1. The minimum atomic E-state index is -4.40. The molecule has 2 aliphatic rings. The van der Waals surface area contributed by atoms with Gasteiger partial charge in [0.25, 0.3) is 21.9 Å². The molecule has 1 unspecified atom stereocenters. The number of aryl methyl sites for hydroxylation is 1. The standard InChI is InChI=1S/C39H43F2N5O8S/c1-24-21-45(16-14-39(24,40)41)37-31(20-30-32(44-37)7-6-8-33(30)47)38(48)43-27-13-15-42-36(17-27)55(49,50)46(22-25-9-11-28(51-2)18-34(25)53-4)23-26-10-12-29(52-3)19-35(26)54-5/h9-13,15,17-20,24H,6-8,14,16,21-23H2,1-5H3,(H,42,43,48). The zero-order valence-corrected chi connectivity index (χ0v) is 32.0. The van der Waals surface area contributed by atoms with Gasteiger partial charge in [-0.3, -0.25) is 9.59 Å². The SMILES string of the molecule is COc1ccc(CN(Cc2ccc(OC)cc2OC)S(=O)(=O)c2cc(NC(=O)c3cc4c(nc3N3CCC(F)(F)C(C)C3)CCCC4=O)ccn2)c(OC)c1. The number of pyridine rings is 2. The largest absolute Gasteiger partial charge is 0.497 e. The van der Waals surface area contributed by atoms with Crippen LogP contribution >= 0.6 is 0 Å². The van der Waals surface area contributed by atoms with Crippen LogP contribution in [0.2, 0.25) is 0 Å². The number of halogens is 2. The van der Waals surface area contributed by atoms with E-state index < -0.39 is 34.2 Å². The molecule has 1 fully saturated rings. The first-order chi connectivity index (χ1) is 26.3. The zero-order valence-electron chi connectivity index (χ0n) is 31.2. The van der Waals surface area contributed by atoms with Crippen LogP contribution in [-0.4, -0.2) is 81.8 Å². The van der Waals surface area contributed by atoms with Gasteiger partial charge < -0.3 is 29.2 Å². The molecular weight excluding hydrogens is 737 g/mol. The zero-order chi connectivity index (χ0) is 39.5. The van der Waals surface area contributed by atoms with E-state index >= 15 is 0 Å². The summed E-state index contributed by atoms with van der Waals surface area (Å²) >= 11 is 0. The van der Waals surface area contributed by atoms with E-state index in [2.05, 4.69) is 10.3 Å². The van der Waals surface area contributed by atoms with E-state index in [9.17, 15) is 26.8 Å². The van der Waals surface area contributed by atoms with Crippen molar-refractivity contribution < 1.29 is 45.7 Å². The number of methoxy groups -OCH3 is 4. The molecule has 3 heterocycles. The van der Waals surface area contributed by atoms with Crippen molar-refractivity contribution in [1.29, 1.82) is 0 Å². The summed E-state index contributed by atoms with van der Waals surface area (Å²) < 4.78 is 81.0. The predicted octanol–water partition coefficient (Wildman–Crippen LogP) is 6.15. The van der Waals surface area contributed by atoms with Gasteiger partial charge in [-0.25, -0.2) is 27.2 Å². The molecule has 0 spiro atoms. The summed E-state index contributed by atoms with van der Waals surface area (Å²) in [5, 5.41) is 2.38. The second kappa shape index (κ2) is 16.2. The van der Waals surface area contributed by atoms with Crippen LogP contribution in [-0.2, 0) is 29.5 Å². The molecular formula is C39H43F2N5O8S. The van der Waals surface area contributed by atoms with Gasteiger partial charge in [-0.1, -0.05) is 19.1 Å². The number of ketones is 1. The van der Waals surface area contributed by atoms with Crippen LogP contribution in [0, 0.1) is 5.92 Å². The second-order valence-corrected chi connectivity index (χ2v) is 15.3. The molecule has 6 rings (SSSR count). The van der Waals surface area contributed by atoms with Crippen LogP contribution in [0.4, 0.5) is 20.3 Å². The number of alkyl halides is 2. The first-order valence-electron chi connectivity index (χ1n) is 17.7. The number of carbonyl (C=O) groups is 2. The van der Waals surface area contributed by atoms with E-state index in [0.29, 0.717) is 64.6 Å². The van der Waals surface area contributed by atoms with E-state index in [0.717, 1.165) is 0 Å². The van der Waals surface area contributed by atoms with E-state index in [1.807, 2.05) is 0 Å². The first-order valence-corrected chi connectivity index (χ1v) is 19.1.